The Morgan fingerprint density at radius 2 is 1.74 bits per heavy atom. The molecule has 0 saturated carbocycles. The molecule has 0 spiro atoms. The van der Waals surface area contributed by atoms with Gasteiger partial charge in [-0.15, -0.1) is 0 Å². The molecule has 2 aromatic carbocycles. The summed E-state index contributed by atoms with van der Waals surface area (Å²) in [5, 5.41) is 21.2. The Morgan fingerprint density at radius 3 is 2.26 bits per heavy atom. The highest BCUT2D eigenvalue weighted by Gasteiger charge is 2.52. The number of non-ortho nitro benzene ring substituents is 1. The van der Waals surface area contributed by atoms with Crippen molar-refractivity contribution in [3.8, 4) is 6.07 Å². The van der Waals surface area contributed by atoms with Crippen molar-refractivity contribution in [2.45, 2.75) is 11.9 Å². The molecule has 0 aromatic heterocycles. The molecule has 0 unspecified atom stereocenters. The minimum atomic E-state index is -1.56. The van der Waals surface area contributed by atoms with Gasteiger partial charge in [0.15, 0.2) is 0 Å². The van der Waals surface area contributed by atoms with E-state index >= 15 is 0 Å². The molecule has 0 bridgehead atoms. The predicted molar refractivity (Wildman–Crippen MR) is 112 cm³/mol. The van der Waals surface area contributed by atoms with E-state index in [1.54, 1.807) is 18.2 Å². The Kier molecular flexibility index (Phi) is 6.70. The van der Waals surface area contributed by atoms with Gasteiger partial charge in [0.1, 0.15) is 5.76 Å². The third-order valence-corrected chi connectivity index (χ3v) is 5.18. The first-order valence-corrected chi connectivity index (χ1v) is 9.44. The van der Waals surface area contributed by atoms with E-state index in [1.165, 1.54) is 39.7 Å². The van der Waals surface area contributed by atoms with Crippen LogP contribution in [0.4, 0.5) is 5.69 Å². The van der Waals surface area contributed by atoms with Crippen molar-refractivity contribution in [3.05, 3.63) is 93.7 Å². The number of hydrogen-bond donors (Lipinski definition) is 0. The van der Waals surface area contributed by atoms with E-state index in [-0.39, 0.29) is 5.69 Å². The lowest BCUT2D eigenvalue weighted by Gasteiger charge is -2.44. The van der Waals surface area contributed by atoms with Crippen LogP contribution in [0.1, 0.15) is 17.0 Å². The lowest BCUT2D eigenvalue weighted by Crippen LogP contribution is -2.49. The Hall–Kier alpha value is -3.67. The number of nitrogens with zero attached hydrogens (tertiary/aromatic N) is 2. The van der Waals surface area contributed by atoms with Crippen molar-refractivity contribution in [1.29, 1.82) is 5.26 Å². The van der Waals surface area contributed by atoms with Crippen LogP contribution < -0.4 is 0 Å². The van der Waals surface area contributed by atoms with Crippen molar-refractivity contribution in [3.63, 3.8) is 0 Å². The summed E-state index contributed by atoms with van der Waals surface area (Å²) in [4.78, 5) is 10.6. The molecule has 1 aliphatic heterocycles. The summed E-state index contributed by atoms with van der Waals surface area (Å²) in [7, 11) is 4.40. The van der Waals surface area contributed by atoms with Crippen LogP contribution in [-0.2, 0) is 18.9 Å². The van der Waals surface area contributed by atoms with Gasteiger partial charge in [0.05, 0.1) is 35.9 Å². The van der Waals surface area contributed by atoms with Crippen LogP contribution in [0.2, 0.25) is 0 Å². The van der Waals surface area contributed by atoms with E-state index in [1.807, 2.05) is 30.3 Å². The predicted octanol–water partition coefficient (Wildman–Crippen LogP) is 4.37. The quantitative estimate of drug-likeness (QED) is 0.282. The zero-order valence-electron chi connectivity index (χ0n) is 17.3. The normalized spacial score (nSPS) is 20.2. The van der Waals surface area contributed by atoms with E-state index in [4.69, 9.17) is 18.9 Å². The van der Waals surface area contributed by atoms with Crippen LogP contribution in [0.25, 0.3) is 5.76 Å². The average Bonchev–Trinajstić information content (AvgIpc) is 2.82. The molecule has 8 heteroatoms. The van der Waals surface area contributed by atoms with E-state index < -0.39 is 22.7 Å². The number of benzene rings is 2. The van der Waals surface area contributed by atoms with Crippen LogP contribution in [0.5, 0.6) is 0 Å². The Labute approximate surface area is 180 Å². The summed E-state index contributed by atoms with van der Waals surface area (Å²) >= 11 is 0. The maximum Gasteiger partial charge on any atom is 0.334 e. The minimum Gasteiger partial charge on any atom is -0.505 e. The molecule has 0 N–H and O–H groups in total. The van der Waals surface area contributed by atoms with Crippen LogP contribution in [0, 0.1) is 27.4 Å². The van der Waals surface area contributed by atoms with Gasteiger partial charge >= 0.3 is 5.97 Å². The summed E-state index contributed by atoms with van der Waals surface area (Å²) in [6.07, 6.45) is 3.15. The van der Waals surface area contributed by atoms with Gasteiger partial charge in [-0.3, -0.25) is 10.1 Å². The molecule has 160 valence electrons. The van der Waals surface area contributed by atoms with Gasteiger partial charge in [0.2, 0.25) is 0 Å². The molecule has 1 heterocycles. The summed E-state index contributed by atoms with van der Waals surface area (Å²) < 4.78 is 22.7. The fourth-order valence-electron chi connectivity index (χ4n) is 3.72. The molecular weight excluding hydrogens is 400 g/mol. The monoisotopic (exact) mass is 422 g/mol. The Morgan fingerprint density at radius 1 is 1.10 bits per heavy atom. The van der Waals surface area contributed by atoms with Gasteiger partial charge in [-0.1, -0.05) is 42.5 Å². The Balaban J connectivity index is 2.28. The number of nitriles is 1. The first-order chi connectivity index (χ1) is 15.0. The molecule has 1 aliphatic rings. The second-order valence-corrected chi connectivity index (χ2v) is 6.75. The third kappa shape index (κ3) is 4.14. The topological polar surface area (TPSA) is 104 Å². The van der Waals surface area contributed by atoms with Crippen molar-refractivity contribution < 1.29 is 23.9 Å². The van der Waals surface area contributed by atoms with Crippen LogP contribution in [0.3, 0.4) is 0 Å². The summed E-state index contributed by atoms with van der Waals surface area (Å²) in [6, 6.07) is 17.5. The zero-order valence-corrected chi connectivity index (χ0v) is 17.3. The Bertz CT molecular complexity index is 1020. The maximum atomic E-state index is 11.1. The molecule has 0 amide bonds. The fourth-order valence-corrected chi connectivity index (χ4v) is 3.72. The lowest BCUT2D eigenvalue weighted by molar-refractivity contribution is -0.384. The fraction of sp³-hybridized carbons (Fsp3) is 0.261. The molecule has 2 atom stereocenters. The van der Waals surface area contributed by atoms with E-state index in [2.05, 4.69) is 6.07 Å². The van der Waals surface area contributed by atoms with Gasteiger partial charge in [-0.2, -0.15) is 5.26 Å². The summed E-state index contributed by atoms with van der Waals surface area (Å²) in [6.45, 7) is 0. The second kappa shape index (κ2) is 9.43. The first kappa shape index (κ1) is 22.0. The van der Waals surface area contributed by atoms with Crippen molar-refractivity contribution in [2.75, 3.05) is 21.3 Å². The van der Waals surface area contributed by atoms with Crippen LogP contribution >= 0.6 is 0 Å². The molecule has 2 aromatic rings. The van der Waals surface area contributed by atoms with Crippen LogP contribution in [-0.4, -0.2) is 32.2 Å². The van der Waals surface area contributed by atoms with Gasteiger partial charge < -0.3 is 18.9 Å². The van der Waals surface area contributed by atoms with Gasteiger partial charge in [-0.25, -0.2) is 0 Å². The minimum absolute atomic E-state index is 0.0460. The van der Waals surface area contributed by atoms with Gasteiger partial charge in [-0.05, 0) is 11.6 Å². The van der Waals surface area contributed by atoms with E-state index in [0.717, 1.165) is 0 Å². The third-order valence-electron chi connectivity index (χ3n) is 5.18. The van der Waals surface area contributed by atoms with Crippen molar-refractivity contribution in [1.82, 2.24) is 0 Å². The number of allylic oxidation sites excluding steroid dienone is 1. The van der Waals surface area contributed by atoms with E-state index in [0.29, 0.717) is 22.5 Å². The number of hydrogen-bond acceptors (Lipinski definition) is 7. The second-order valence-electron chi connectivity index (χ2n) is 6.75. The maximum absolute atomic E-state index is 11.1. The molecule has 0 fully saturated rings. The average molecular weight is 422 g/mol. The molecule has 0 radical (unpaired) electrons. The van der Waals surface area contributed by atoms with Gasteiger partial charge in [0.25, 0.3) is 5.69 Å². The van der Waals surface area contributed by atoms with Gasteiger partial charge in [0, 0.05) is 37.8 Å². The molecule has 3 rings (SSSR count). The number of methoxy groups -OCH3 is 3. The standard InChI is InChI=1S/C23H22N2O6/c1-28-14-13-20-21(16-9-11-18(12-10-16)25(26)27)19(15-24)22(17-7-5-4-6-8-17)31-23(20,29-2)30-3/h4-14,20-21H,1-3H3/b14-13+/t20-,21+/m1/s1. The first-order valence-electron chi connectivity index (χ1n) is 9.44. The molecule has 0 aliphatic carbocycles. The molecular formula is C23H22N2O6. The smallest absolute Gasteiger partial charge is 0.334 e. The van der Waals surface area contributed by atoms with Crippen molar-refractivity contribution >= 4 is 11.4 Å². The molecule has 0 saturated heterocycles. The lowest BCUT2D eigenvalue weighted by atomic mass is 9.76. The highest BCUT2D eigenvalue weighted by molar-refractivity contribution is 5.70. The van der Waals surface area contributed by atoms with Crippen molar-refractivity contribution in [2.24, 2.45) is 5.92 Å². The highest BCUT2D eigenvalue weighted by atomic mass is 16.9. The SMILES string of the molecule is CO/C=C/[C@@H]1[C@@H](c2ccc([N+](=O)[O-])cc2)C(C#N)=C(c2ccccc2)OC1(OC)OC. The summed E-state index contributed by atoms with van der Waals surface area (Å²) in [5.74, 6) is -2.46. The number of ether oxygens (including phenoxy) is 4. The van der Waals surface area contributed by atoms with E-state index in [9.17, 15) is 15.4 Å². The zero-order chi connectivity index (χ0) is 22.4. The summed E-state index contributed by atoms with van der Waals surface area (Å²) in [5.41, 5.74) is 1.65. The van der Waals surface area contributed by atoms with Crippen LogP contribution in [0.15, 0.2) is 72.5 Å². The number of rotatable bonds is 7. The highest BCUT2D eigenvalue weighted by Crippen LogP contribution is 2.50. The number of nitro benzene ring substituents is 1. The number of nitro groups is 1. The largest absolute Gasteiger partial charge is 0.505 e. The molecule has 31 heavy (non-hydrogen) atoms. The molecule has 8 nitrogen and oxygen atoms in total.